The lowest BCUT2D eigenvalue weighted by atomic mass is 9.75. The van der Waals surface area contributed by atoms with Crippen LogP contribution in [0.1, 0.15) is 32.3 Å². The predicted octanol–water partition coefficient (Wildman–Crippen LogP) is 4.52. The van der Waals surface area contributed by atoms with Gasteiger partial charge in [-0.2, -0.15) is 0 Å². The van der Waals surface area contributed by atoms with E-state index in [0.717, 1.165) is 24.3 Å². The topological polar surface area (TPSA) is 3.24 Å². The minimum Gasteiger partial charge on any atom is -0.370 e. The maximum atomic E-state index is 13.6. The number of halogens is 2. The third-order valence-electron chi connectivity index (χ3n) is 4.13. The summed E-state index contributed by atoms with van der Waals surface area (Å²) >= 11 is 3.23. The summed E-state index contributed by atoms with van der Waals surface area (Å²) in [5, 5.41) is 0. The molecule has 0 bridgehead atoms. The van der Waals surface area contributed by atoms with Gasteiger partial charge in [0.25, 0.3) is 0 Å². The quantitative estimate of drug-likeness (QED) is 0.793. The molecule has 17 heavy (non-hydrogen) atoms. The van der Waals surface area contributed by atoms with Crippen LogP contribution < -0.4 is 4.90 Å². The molecule has 0 atom stereocenters. The molecule has 1 nitrogen and oxygen atoms in total. The maximum Gasteiger partial charge on any atom is 0.139 e. The summed E-state index contributed by atoms with van der Waals surface area (Å²) < 4.78 is 14.1. The number of hydrogen-bond acceptors (Lipinski definition) is 1. The van der Waals surface area contributed by atoms with Gasteiger partial charge in [0.05, 0.1) is 4.47 Å². The van der Waals surface area contributed by atoms with Crippen LogP contribution in [-0.2, 0) is 0 Å². The van der Waals surface area contributed by atoms with Gasteiger partial charge in [0.1, 0.15) is 5.82 Å². The Bertz CT molecular complexity index is 418. The van der Waals surface area contributed by atoms with Crippen molar-refractivity contribution >= 4 is 21.6 Å². The van der Waals surface area contributed by atoms with E-state index in [1.165, 1.54) is 12.8 Å². The monoisotopic (exact) mass is 299 g/mol. The SMILES string of the molecule is CCC1(CC)CN(c2cc(F)c(Br)cc2C)C1. The van der Waals surface area contributed by atoms with Crippen molar-refractivity contribution < 1.29 is 4.39 Å². The van der Waals surface area contributed by atoms with Gasteiger partial charge in [0.15, 0.2) is 0 Å². The van der Waals surface area contributed by atoms with Crippen LogP contribution in [0.4, 0.5) is 10.1 Å². The van der Waals surface area contributed by atoms with Crippen molar-refractivity contribution in [2.24, 2.45) is 5.41 Å². The zero-order valence-corrected chi connectivity index (χ0v) is 12.3. The number of hydrogen-bond donors (Lipinski definition) is 0. The number of benzene rings is 1. The molecule has 1 aliphatic rings. The van der Waals surface area contributed by atoms with Gasteiger partial charge in [-0.15, -0.1) is 0 Å². The molecular formula is C14H19BrFN. The zero-order chi connectivity index (χ0) is 12.6. The van der Waals surface area contributed by atoms with Crippen molar-refractivity contribution in [3.63, 3.8) is 0 Å². The number of rotatable bonds is 3. The molecule has 1 heterocycles. The van der Waals surface area contributed by atoms with Gasteiger partial charge in [-0.3, -0.25) is 0 Å². The highest BCUT2D eigenvalue weighted by Gasteiger charge is 2.40. The fraction of sp³-hybridized carbons (Fsp3) is 0.571. The van der Waals surface area contributed by atoms with E-state index in [4.69, 9.17) is 0 Å². The number of anilines is 1. The lowest BCUT2D eigenvalue weighted by Crippen LogP contribution is -2.56. The summed E-state index contributed by atoms with van der Waals surface area (Å²) in [4.78, 5) is 2.29. The van der Waals surface area contributed by atoms with Crippen molar-refractivity contribution in [3.8, 4) is 0 Å². The molecule has 0 aliphatic carbocycles. The van der Waals surface area contributed by atoms with E-state index in [2.05, 4.69) is 34.7 Å². The Morgan fingerprint density at radius 2 is 1.88 bits per heavy atom. The third kappa shape index (κ3) is 2.22. The maximum absolute atomic E-state index is 13.6. The highest BCUT2D eigenvalue weighted by Crippen LogP contribution is 2.41. The second-order valence-corrected chi connectivity index (χ2v) is 5.97. The van der Waals surface area contributed by atoms with E-state index in [-0.39, 0.29) is 5.82 Å². The molecule has 0 unspecified atom stereocenters. The predicted molar refractivity (Wildman–Crippen MR) is 74.1 cm³/mol. The Kier molecular flexibility index (Phi) is 3.48. The fourth-order valence-electron chi connectivity index (χ4n) is 2.61. The van der Waals surface area contributed by atoms with Crippen molar-refractivity contribution in [2.75, 3.05) is 18.0 Å². The fourth-order valence-corrected chi connectivity index (χ4v) is 3.07. The zero-order valence-electron chi connectivity index (χ0n) is 10.7. The van der Waals surface area contributed by atoms with E-state index in [0.29, 0.717) is 9.89 Å². The third-order valence-corrected chi connectivity index (χ3v) is 4.74. The highest BCUT2D eigenvalue weighted by atomic mass is 79.9. The number of aryl methyl sites for hydroxylation is 1. The van der Waals surface area contributed by atoms with Crippen LogP contribution in [0, 0.1) is 18.2 Å². The summed E-state index contributed by atoms with van der Waals surface area (Å²) in [6.45, 7) is 8.65. The van der Waals surface area contributed by atoms with Crippen molar-refractivity contribution in [2.45, 2.75) is 33.6 Å². The first-order valence-electron chi connectivity index (χ1n) is 6.22. The van der Waals surface area contributed by atoms with Crippen LogP contribution in [0.15, 0.2) is 16.6 Å². The van der Waals surface area contributed by atoms with E-state index in [9.17, 15) is 4.39 Å². The molecule has 1 aromatic rings. The smallest absolute Gasteiger partial charge is 0.139 e. The first kappa shape index (κ1) is 12.9. The van der Waals surface area contributed by atoms with Crippen LogP contribution in [0.5, 0.6) is 0 Å². The largest absolute Gasteiger partial charge is 0.370 e. The van der Waals surface area contributed by atoms with E-state index >= 15 is 0 Å². The molecule has 0 spiro atoms. The minimum absolute atomic E-state index is 0.170. The summed E-state index contributed by atoms with van der Waals surface area (Å²) in [6, 6.07) is 3.51. The standard InChI is InChI=1S/C14H19BrFN/c1-4-14(5-2)8-17(9-14)13-7-12(16)11(15)6-10(13)3/h6-7H,4-5,8-9H2,1-3H3. The van der Waals surface area contributed by atoms with Gasteiger partial charge in [-0.25, -0.2) is 4.39 Å². The molecule has 0 radical (unpaired) electrons. The Labute approximate surface area is 111 Å². The van der Waals surface area contributed by atoms with Gasteiger partial charge in [0, 0.05) is 24.2 Å². The van der Waals surface area contributed by atoms with Crippen LogP contribution in [0.3, 0.4) is 0 Å². The van der Waals surface area contributed by atoms with Crippen LogP contribution in [0.25, 0.3) is 0 Å². The van der Waals surface area contributed by atoms with Crippen molar-refractivity contribution in [1.82, 2.24) is 0 Å². The lowest BCUT2D eigenvalue weighted by molar-refractivity contribution is 0.194. The van der Waals surface area contributed by atoms with Gasteiger partial charge in [-0.1, -0.05) is 13.8 Å². The van der Waals surface area contributed by atoms with E-state index in [1.807, 2.05) is 13.0 Å². The summed E-state index contributed by atoms with van der Waals surface area (Å²) in [6.07, 6.45) is 2.41. The molecule has 1 aromatic carbocycles. The average molecular weight is 300 g/mol. The lowest BCUT2D eigenvalue weighted by Gasteiger charge is -2.51. The van der Waals surface area contributed by atoms with Gasteiger partial charge in [0.2, 0.25) is 0 Å². The molecule has 94 valence electrons. The van der Waals surface area contributed by atoms with Crippen LogP contribution in [-0.4, -0.2) is 13.1 Å². The van der Waals surface area contributed by atoms with Crippen molar-refractivity contribution in [3.05, 3.63) is 28.0 Å². The molecule has 2 rings (SSSR count). The molecule has 0 amide bonds. The Hall–Kier alpha value is -0.570. The Balaban J connectivity index is 2.19. The van der Waals surface area contributed by atoms with Gasteiger partial charge in [-0.05, 0) is 53.4 Å². The molecule has 0 aromatic heterocycles. The summed E-state index contributed by atoms with van der Waals surface area (Å²) in [5.74, 6) is -0.170. The van der Waals surface area contributed by atoms with Crippen LogP contribution in [0.2, 0.25) is 0 Å². The highest BCUT2D eigenvalue weighted by molar-refractivity contribution is 9.10. The average Bonchev–Trinajstić information content (AvgIpc) is 2.25. The molecule has 3 heteroatoms. The first-order chi connectivity index (χ1) is 8.01. The van der Waals surface area contributed by atoms with Gasteiger partial charge >= 0.3 is 0 Å². The summed E-state index contributed by atoms with van der Waals surface area (Å²) in [7, 11) is 0. The molecule has 1 fully saturated rings. The molecule has 1 saturated heterocycles. The first-order valence-corrected chi connectivity index (χ1v) is 7.01. The minimum atomic E-state index is -0.170. The molecule has 0 saturated carbocycles. The molecular weight excluding hydrogens is 281 g/mol. The summed E-state index contributed by atoms with van der Waals surface area (Å²) in [5.41, 5.74) is 2.64. The Morgan fingerprint density at radius 1 is 1.29 bits per heavy atom. The molecule has 0 N–H and O–H groups in total. The van der Waals surface area contributed by atoms with Gasteiger partial charge < -0.3 is 4.90 Å². The second kappa shape index (κ2) is 4.60. The number of nitrogens with zero attached hydrogens (tertiary/aromatic N) is 1. The van der Waals surface area contributed by atoms with E-state index < -0.39 is 0 Å². The normalized spacial score (nSPS) is 18.1. The Morgan fingerprint density at radius 3 is 2.41 bits per heavy atom. The second-order valence-electron chi connectivity index (χ2n) is 5.12. The van der Waals surface area contributed by atoms with Crippen molar-refractivity contribution in [1.29, 1.82) is 0 Å². The van der Waals surface area contributed by atoms with Crippen LogP contribution >= 0.6 is 15.9 Å². The molecule has 1 aliphatic heterocycles. The van der Waals surface area contributed by atoms with E-state index in [1.54, 1.807) is 6.07 Å².